The van der Waals surface area contributed by atoms with Gasteiger partial charge in [0.25, 0.3) is 0 Å². The van der Waals surface area contributed by atoms with E-state index in [0.717, 1.165) is 26.0 Å². The van der Waals surface area contributed by atoms with Gasteiger partial charge in [-0.25, -0.2) is 23.5 Å². The molecule has 0 unspecified atom stereocenters. The summed E-state index contributed by atoms with van der Waals surface area (Å²) < 4.78 is 8.58. The Kier molecular flexibility index (Phi) is 4.59. The molecular weight excluding hydrogens is 376 g/mol. The van der Waals surface area contributed by atoms with Crippen LogP contribution in [-0.4, -0.2) is 29.1 Å². The highest BCUT2D eigenvalue weighted by Crippen LogP contribution is 2.14. The summed E-state index contributed by atoms with van der Waals surface area (Å²) in [5, 5.41) is 8.12. The maximum Gasteiger partial charge on any atom is 0.341 e. The molecule has 10 heteroatoms. The SMILES string of the molecule is Cc1noc(C)c1Cn1cc(-n2c(=O)[nH]c(=O)n(Cc3ccccc3)c2=O)cn1. The molecular formula is C19H18N6O4. The van der Waals surface area contributed by atoms with E-state index in [2.05, 4.69) is 15.2 Å². The van der Waals surface area contributed by atoms with Gasteiger partial charge in [-0.2, -0.15) is 5.10 Å². The number of nitrogens with zero attached hydrogens (tertiary/aromatic N) is 5. The van der Waals surface area contributed by atoms with Crippen molar-refractivity contribution in [1.82, 2.24) is 29.1 Å². The number of H-pyrrole nitrogens is 1. The molecule has 0 aliphatic rings. The number of hydrogen-bond acceptors (Lipinski definition) is 6. The highest BCUT2D eigenvalue weighted by Gasteiger charge is 2.15. The fourth-order valence-corrected chi connectivity index (χ4v) is 3.09. The Morgan fingerprint density at radius 1 is 1.03 bits per heavy atom. The van der Waals surface area contributed by atoms with Crippen LogP contribution in [0.25, 0.3) is 5.69 Å². The lowest BCUT2D eigenvalue weighted by molar-refractivity contribution is 0.391. The van der Waals surface area contributed by atoms with Crippen LogP contribution in [0.5, 0.6) is 0 Å². The zero-order valence-corrected chi connectivity index (χ0v) is 15.8. The van der Waals surface area contributed by atoms with Crippen LogP contribution in [0, 0.1) is 13.8 Å². The Labute approximate surface area is 163 Å². The molecule has 0 saturated heterocycles. The zero-order valence-electron chi connectivity index (χ0n) is 15.8. The molecule has 0 aliphatic heterocycles. The lowest BCUT2D eigenvalue weighted by atomic mass is 10.2. The van der Waals surface area contributed by atoms with E-state index in [0.29, 0.717) is 12.3 Å². The first kappa shape index (κ1) is 18.4. The second-order valence-corrected chi connectivity index (χ2v) is 6.62. The van der Waals surface area contributed by atoms with Gasteiger partial charge in [0.05, 0.1) is 30.7 Å². The molecule has 10 nitrogen and oxygen atoms in total. The van der Waals surface area contributed by atoms with Crippen molar-refractivity contribution in [3.8, 4) is 5.69 Å². The number of benzene rings is 1. The van der Waals surface area contributed by atoms with Crippen molar-refractivity contribution in [2.45, 2.75) is 26.9 Å². The van der Waals surface area contributed by atoms with Crippen LogP contribution >= 0.6 is 0 Å². The van der Waals surface area contributed by atoms with Crippen LogP contribution in [0.4, 0.5) is 0 Å². The van der Waals surface area contributed by atoms with Gasteiger partial charge in [-0.3, -0.25) is 9.67 Å². The van der Waals surface area contributed by atoms with Gasteiger partial charge in [-0.1, -0.05) is 35.5 Å². The number of aryl methyl sites for hydroxylation is 2. The molecule has 0 atom stereocenters. The van der Waals surface area contributed by atoms with E-state index < -0.39 is 17.1 Å². The molecule has 0 saturated carbocycles. The monoisotopic (exact) mass is 394 g/mol. The average Bonchev–Trinajstić information content (AvgIpc) is 3.28. The summed E-state index contributed by atoms with van der Waals surface area (Å²) in [6.07, 6.45) is 2.95. The van der Waals surface area contributed by atoms with Crippen LogP contribution < -0.4 is 17.1 Å². The van der Waals surface area contributed by atoms with Crippen LogP contribution in [0.15, 0.2) is 61.6 Å². The van der Waals surface area contributed by atoms with Gasteiger partial charge in [0.1, 0.15) is 5.76 Å². The summed E-state index contributed by atoms with van der Waals surface area (Å²) in [6, 6.07) is 9.04. The Balaban J connectivity index is 1.73. The summed E-state index contributed by atoms with van der Waals surface area (Å²) in [6.45, 7) is 4.04. The van der Waals surface area contributed by atoms with Gasteiger partial charge in [0.2, 0.25) is 0 Å². The molecule has 4 rings (SSSR count). The number of aromatic amines is 1. The Morgan fingerprint density at radius 2 is 1.79 bits per heavy atom. The number of hydrogen-bond donors (Lipinski definition) is 1. The lowest BCUT2D eigenvalue weighted by Gasteiger charge is -2.07. The molecule has 0 fully saturated rings. The summed E-state index contributed by atoms with van der Waals surface area (Å²) >= 11 is 0. The predicted octanol–water partition coefficient (Wildman–Crippen LogP) is 0.585. The zero-order chi connectivity index (χ0) is 20.5. The van der Waals surface area contributed by atoms with Crippen LogP contribution in [-0.2, 0) is 13.1 Å². The van der Waals surface area contributed by atoms with Gasteiger partial charge < -0.3 is 4.52 Å². The first-order valence-corrected chi connectivity index (χ1v) is 8.88. The number of nitrogens with one attached hydrogen (secondary N) is 1. The summed E-state index contributed by atoms with van der Waals surface area (Å²) in [5.74, 6) is 0.672. The molecule has 4 aromatic rings. The molecule has 3 aromatic heterocycles. The van der Waals surface area contributed by atoms with Crippen molar-refractivity contribution in [2.24, 2.45) is 0 Å². The fourth-order valence-electron chi connectivity index (χ4n) is 3.09. The minimum atomic E-state index is -0.818. The normalized spacial score (nSPS) is 11.1. The Bertz CT molecular complexity index is 1320. The molecule has 0 aliphatic carbocycles. The van der Waals surface area contributed by atoms with Crippen molar-refractivity contribution >= 4 is 0 Å². The maximum absolute atomic E-state index is 12.9. The molecule has 148 valence electrons. The smallest absolute Gasteiger partial charge is 0.341 e. The quantitative estimate of drug-likeness (QED) is 0.529. The van der Waals surface area contributed by atoms with Crippen molar-refractivity contribution < 1.29 is 4.52 Å². The van der Waals surface area contributed by atoms with E-state index in [1.54, 1.807) is 29.9 Å². The van der Waals surface area contributed by atoms with Gasteiger partial charge in [0.15, 0.2) is 0 Å². The molecule has 1 N–H and O–H groups in total. The third-order valence-electron chi connectivity index (χ3n) is 4.65. The van der Waals surface area contributed by atoms with E-state index in [-0.39, 0.29) is 12.2 Å². The van der Waals surface area contributed by atoms with E-state index >= 15 is 0 Å². The van der Waals surface area contributed by atoms with E-state index in [1.165, 1.54) is 6.20 Å². The lowest BCUT2D eigenvalue weighted by Crippen LogP contribution is -2.48. The molecule has 3 heterocycles. The van der Waals surface area contributed by atoms with Gasteiger partial charge in [-0.15, -0.1) is 0 Å². The Morgan fingerprint density at radius 3 is 2.48 bits per heavy atom. The third kappa shape index (κ3) is 3.47. The van der Waals surface area contributed by atoms with Gasteiger partial charge >= 0.3 is 17.1 Å². The van der Waals surface area contributed by atoms with E-state index in [1.807, 2.05) is 25.1 Å². The highest BCUT2D eigenvalue weighted by atomic mass is 16.5. The number of aromatic nitrogens is 6. The first-order chi connectivity index (χ1) is 13.9. The van der Waals surface area contributed by atoms with Crippen molar-refractivity contribution in [1.29, 1.82) is 0 Å². The van der Waals surface area contributed by atoms with Crippen molar-refractivity contribution in [3.05, 3.63) is 96.8 Å². The minimum Gasteiger partial charge on any atom is -0.361 e. The minimum absolute atomic E-state index is 0.0441. The van der Waals surface area contributed by atoms with Crippen LogP contribution in [0.1, 0.15) is 22.6 Å². The summed E-state index contributed by atoms with van der Waals surface area (Å²) in [4.78, 5) is 39.6. The molecule has 0 bridgehead atoms. The third-order valence-corrected chi connectivity index (χ3v) is 4.65. The second kappa shape index (κ2) is 7.23. The average molecular weight is 394 g/mol. The van der Waals surface area contributed by atoms with E-state index in [4.69, 9.17) is 4.52 Å². The molecule has 0 spiro atoms. The summed E-state index contributed by atoms with van der Waals surface area (Å²) in [5.41, 5.74) is 0.314. The predicted molar refractivity (Wildman–Crippen MR) is 103 cm³/mol. The number of rotatable bonds is 5. The fraction of sp³-hybridized carbons (Fsp3) is 0.211. The topological polar surface area (TPSA) is 121 Å². The molecule has 0 radical (unpaired) electrons. The summed E-state index contributed by atoms with van der Waals surface area (Å²) in [7, 11) is 0. The molecule has 29 heavy (non-hydrogen) atoms. The molecule has 0 amide bonds. The largest absolute Gasteiger partial charge is 0.361 e. The van der Waals surface area contributed by atoms with Gasteiger partial charge in [0, 0.05) is 11.8 Å². The standard InChI is InChI=1S/C19H18N6O4/c1-12-16(13(2)29-22-12)11-23-10-15(8-20-23)25-18(27)21-17(26)24(19(25)28)9-14-6-4-3-5-7-14/h3-8,10H,9,11H2,1-2H3,(H,21,26,27). The van der Waals surface area contributed by atoms with Gasteiger partial charge in [-0.05, 0) is 19.4 Å². The van der Waals surface area contributed by atoms with Crippen LogP contribution in [0.3, 0.4) is 0 Å². The first-order valence-electron chi connectivity index (χ1n) is 8.88. The Hall–Kier alpha value is -3.95. The van der Waals surface area contributed by atoms with Crippen molar-refractivity contribution in [3.63, 3.8) is 0 Å². The maximum atomic E-state index is 12.9. The van der Waals surface area contributed by atoms with E-state index in [9.17, 15) is 14.4 Å². The van der Waals surface area contributed by atoms with Crippen LogP contribution in [0.2, 0.25) is 0 Å². The second-order valence-electron chi connectivity index (χ2n) is 6.62. The highest BCUT2D eigenvalue weighted by molar-refractivity contribution is 5.26. The molecule has 1 aromatic carbocycles. The van der Waals surface area contributed by atoms with Crippen molar-refractivity contribution in [2.75, 3.05) is 0 Å².